The minimum atomic E-state index is -0.459. The highest BCUT2D eigenvalue weighted by Crippen LogP contribution is 2.17. The Kier molecular flexibility index (Phi) is 7.52. The van der Waals surface area contributed by atoms with E-state index in [1.807, 2.05) is 55.6 Å². The van der Waals surface area contributed by atoms with Crippen LogP contribution in [0.4, 0.5) is 4.79 Å². The molecule has 0 aromatic rings. The molecule has 0 saturated heterocycles. The van der Waals surface area contributed by atoms with Gasteiger partial charge in [0.2, 0.25) is 0 Å². The zero-order valence-electron chi connectivity index (χ0n) is 14.5. The Morgan fingerprint density at radius 3 is 1.90 bits per heavy atom. The van der Waals surface area contributed by atoms with Crippen LogP contribution in [0.3, 0.4) is 0 Å². The highest BCUT2D eigenvalue weighted by molar-refractivity contribution is 5.69. The number of nitrogens with one attached hydrogen (secondary N) is 1. The van der Waals surface area contributed by atoms with Gasteiger partial charge in [-0.2, -0.15) is 0 Å². The van der Waals surface area contributed by atoms with Crippen molar-refractivity contribution >= 4 is 6.09 Å². The lowest BCUT2D eigenvalue weighted by molar-refractivity contribution is 0.00664. The molecule has 0 aliphatic rings. The fourth-order valence-electron chi connectivity index (χ4n) is 1.64. The van der Waals surface area contributed by atoms with Crippen LogP contribution in [0.5, 0.6) is 0 Å². The molecule has 20 heavy (non-hydrogen) atoms. The maximum Gasteiger partial charge on any atom is 0.410 e. The number of carbonyl (C=O) groups excluding carboxylic acids is 1. The molecule has 0 aromatic carbocycles. The molecule has 0 rings (SSSR count). The fourth-order valence-corrected chi connectivity index (χ4v) is 1.64. The molecule has 5 heteroatoms. The molecule has 0 bridgehead atoms. The van der Waals surface area contributed by atoms with Crippen LogP contribution in [-0.2, 0) is 4.74 Å². The summed E-state index contributed by atoms with van der Waals surface area (Å²) in [5.41, 5.74) is -0.704. The largest absolute Gasteiger partial charge is 0.444 e. The van der Waals surface area contributed by atoms with E-state index in [2.05, 4.69) is 10.2 Å². The summed E-state index contributed by atoms with van der Waals surface area (Å²) in [6.45, 7) is 15.1. The van der Waals surface area contributed by atoms with E-state index in [1.54, 1.807) is 4.90 Å². The molecule has 0 heterocycles. The Labute approximate surface area is 124 Å². The van der Waals surface area contributed by atoms with E-state index in [0.29, 0.717) is 6.54 Å². The predicted octanol–water partition coefficient (Wildman–Crippen LogP) is 2.17. The summed E-state index contributed by atoms with van der Waals surface area (Å²) in [5, 5.41) is 3.35. The zero-order valence-corrected chi connectivity index (χ0v) is 14.5. The van der Waals surface area contributed by atoms with Crippen molar-refractivity contribution in [2.75, 3.05) is 40.3 Å². The fraction of sp³-hybridized carbons (Fsp3) is 0.933. The first-order chi connectivity index (χ1) is 8.93. The molecule has 0 saturated carbocycles. The van der Waals surface area contributed by atoms with Gasteiger partial charge >= 0.3 is 6.09 Å². The van der Waals surface area contributed by atoms with Gasteiger partial charge in [0.05, 0.1) is 0 Å². The summed E-state index contributed by atoms with van der Waals surface area (Å²) in [6.07, 6.45) is -0.251. The van der Waals surface area contributed by atoms with Gasteiger partial charge in [0.25, 0.3) is 0 Å². The van der Waals surface area contributed by atoms with Gasteiger partial charge in [-0.05, 0) is 55.6 Å². The maximum absolute atomic E-state index is 12.2. The Morgan fingerprint density at radius 1 is 1.00 bits per heavy atom. The van der Waals surface area contributed by atoms with E-state index in [1.165, 1.54) is 0 Å². The van der Waals surface area contributed by atoms with E-state index in [0.717, 1.165) is 19.6 Å². The van der Waals surface area contributed by atoms with Crippen LogP contribution < -0.4 is 5.32 Å². The van der Waals surface area contributed by atoms with Gasteiger partial charge in [0, 0.05) is 31.7 Å². The molecule has 5 nitrogen and oxygen atoms in total. The average molecular weight is 287 g/mol. The molecule has 0 fully saturated rings. The molecular formula is C15H33N3O2. The molecular weight excluding hydrogens is 254 g/mol. The van der Waals surface area contributed by atoms with Gasteiger partial charge in [0.1, 0.15) is 5.60 Å². The van der Waals surface area contributed by atoms with Gasteiger partial charge < -0.3 is 19.9 Å². The monoisotopic (exact) mass is 287 g/mol. The standard InChI is InChI=1S/C15H33N3O2/c1-14(2,3)18(13(19)20-15(4,5)6)12-10-16-9-11-17(7)8/h16H,9-12H2,1-8H3. The van der Waals surface area contributed by atoms with Crippen LogP contribution in [0.25, 0.3) is 0 Å². The lowest BCUT2D eigenvalue weighted by atomic mass is 10.1. The molecule has 0 spiro atoms. The van der Waals surface area contributed by atoms with Crippen molar-refractivity contribution in [3.05, 3.63) is 0 Å². The number of ether oxygens (including phenoxy) is 1. The minimum Gasteiger partial charge on any atom is -0.444 e. The SMILES string of the molecule is CN(C)CCNCCN(C(=O)OC(C)(C)C)C(C)(C)C. The second-order valence-corrected chi connectivity index (χ2v) is 7.36. The van der Waals surface area contributed by atoms with Gasteiger partial charge in [-0.25, -0.2) is 4.79 Å². The summed E-state index contributed by atoms with van der Waals surface area (Å²) < 4.78 is 5.47. The quantitative estimate of drug-likeness (QED) is 0.761. The Morgan fingerprint density at radius 2 is 1.50 bits per heavy atom. The highest BCUT2D eigenvalue weighted by Gasteiger charge is 2.30. The number of hydrogen-bond donors (Lipinski definition) is 1. The summed E-state index contributed by atoms with van der Waals surface area (Å²) in [7, 11) is 4.09. The summed E-state index contributed by atoms with van der Waals surface area (Å²) in [4.78, 5) is 16.2. The number of hydrogen-bond acceptors (Lipinski definition) is 4. The topological polar surface area (TPSA) is 44.8 Å². The third-order valence-electron chi connectivity index (χ3n) is 2.67. The molecule has 1 amide bonds. The number of amides is 1. The van der Waals surface area contributed by atoms with Crippen molar-refractivity contribution in [2.45, 2.75) is 52.7 Å². The molecule has 0 atom stereocenters. The van der Waals surface area contributed by atoms with E-state index < -0.39 is 5.60 Å². The smallest absolute Gasteiger partial charge is 0.410 e. The van der Waals surface area contributed by atoms with E-state index in [4.69, 9.17) is 4.74 Å². The van der Waals surface area contributed by atoms with Crippen LogP contribution in [0.2, 0.25) is 0 Å². The predicted molar refractivity (Wildman–Crippen MR) is 84.1 cm³/mol. The van der Waals surface area contributed by atoms with Crippen molar-refractivity contribution in [3.8, 4) is 0 Å². The highest BCUT2D eigenvalue weighted by atomic mass is 16.6. The molecule has 0 aliphatic heterocycles. The van der Waals surface area contributed by atoms with Gasteiger partial charge in [-0.15, -0.1) is 0 Å². The first kappa shape index (κ1) is 19.2. The maximum atomic E-state index is 12.2. The normalized spacial score (nSPS) is 12.7. The molecule has 0 aliphatic carbocycles. The molecule has 0 unspecified atom stereocenters. The molecule has 0 aromatic heterocycles. The average Bonchev–Trinajstić information content (AvgIpc) is 2.17. The van der Waals surface area contributed by atoms with Crippen LogP contribution in [0, 0.1) is 0 Å². The zero-order chi connectivity index (χ0) is 16.0. The third kappa shape index (κ3) is 9.15. The van der Waals surface area contributed by atoms with Crippen LogP contribution in [0.15, 0.2) is 0 Å². The van der Waals surface area contributed by atoms with Crippen molar-refractivity contribution in [1.82, 2.24) is 15.1 Å². The van der Waals surface area contributed by atoms with Crippen molar-refractivity contribution in [2.24, 2.45) is 0 Å². The van der Waals surface area contributed by atoms with Crippen LogP contribution in [0.1, 0.15) is 41.5 Å². The molecule has 120 valence electrons. The lowest BCUT2D eigenvalue weighted by Crippen LogP contribution is -2.50. The second-order valence-electron chi connectivity index (χ2n) is 7.36. The van der Waals surface area contributed by atoms with Gasteiger partial charge in [0.15, 0.2) is 0 Å². The van der Waals surface area contributed by atoms with Crippen LogP contribution in [-0.4, -0.2) is 67.3 Å². The summed E-state index contributed by atoms with van der Waals surface area (Å²) in [5.74, 6) is 0. The van der Waals surface area contributed by atoms with E-state index in [-0.39, 0.29) is 11.6 Å². The van der Waals surface area contributed by atoms with Gasteiger partial charge in [-0.3, -0.25) is 0 Å². The van der Waals surface area contributed by atoms with Crippen molar-refractivity contribution < 1.29 is 9.53 Å². The summed E-state index contributed by atoms with van der Waals surface area (Å²) >= 11 is 0. The lowest BCUT2D eigenvalue weighted by Gasteiger charge is -2.37. The van der Waals surface area contributed by atoms with Crippen LogP contribution >= 0.6 is 0 Å². The number of carbonyl (C=O) groups is 1. The first-order valence-electron chi connectivity index (χ1n) is 7.29. The first-order valence-corrected chi connectivity index (χ1v) is 7.29. The molecule has 1 N–H and O–H groups in total. The van der Waals surface area contributed by atoms with Crippen molar-refractivity contribution in [3.63, 3.8) is 0 Å². The third-order valence-corrected chi connectivity index (χ3v) is 2.67. The Hall–Kier alpha value is -0.810. The molecule has 0 radical (unpaired) electrons. The second kappa shape index (κ2) is 7.84. The Bertz CT molecular complexity index is 290. The number of likely N-dealkylation sites (N-methyl/N-ethyl adjacent to an activating group) is 1. The van der Waals surface area contributed by atoms with E-state index in [9.17, 15) is 4.79 Å². The van der Waals surface area contributed by atoms with E-state index >= 15 is 0 Å². The Balaban J connectivity index is 4.34. The number of rotatable bonds is 6. The van der Waals surface area contributed by atoms with Crippen molar-refractivity contribution in [1.29, 1.82) is 0 Å². The minimum absolute atomic E-state index is 0.244. The summed E-state index contributed by atoms with van der Waals surface area (Å²) in [6, 6.07) is 0. The number of nitrogens with zero attached hydrogens (tertiary/aromatic N) is 2. The van der Waals surface area contributed by atoms with Gasteiger partial charge in [-0.1, -0.05) is 0 Å².